The Morgan fingerprint density at radius 3 is 2.70 bits per heavy atom. The Labute approximate surface area is 189 Å². The number of fused-ring (bicyclic) bond motifs is 5. The highest BCUT2D eigenvalue weighted by Crippen LogP contribution is 2.38. The zero-order valence-corrected chi connectivity index (χ0v) is 18.9. The molecule has 0 saturated heterocycles. The van der Waals surface area contributed by atoms with E-state index in [0.717, 1.165) is 10.9 Å². The number of aliphatic hydroxyl groups is 1. The maximum atomic E-state index is 13.2. The first-order valence-corrected chi connectivity index (χ1v) is 10.9. The van der Waals surface area contributed by atoms with Crippen molar-refractivity contribution < 1.29 is 24.2 Å². The quantitative estimate of drug-likeness (QED) is 0.470. The van der Waals surface area contributed by atoms with Crippen LogP contribution in [0.25, 0.3) is 22.3 Å². The van der Waals surface area contributed by atoms with Gasteiger partial charge in [0.2, 0.25) is 0 Å². The molecule has 0 spiro atoms. The fourth-order valence-electron chi connectivity index (χ4n) is 4.45. The topological polar surface area (TPSA) is 108 Å². The van der Waals surface area contributed by atoms with Crippen molar-refractivity contribution in [3.8, 4) is 11.4 Å². The highest BCUT2D eigenvalue weighted by molar-refractivity contribution is 5.95. The van der Waals surface area contributed by atoms with E-state index < -0.39 is 23.1 Å². The number of nitrogens with zero attached hydrogens (tertiary/aromatic N) is 2. The van der Waals surface area contributed by atoms with Gasteiger partial charge in [0.05, 0.1) is 34.6 Å². The maximum Gasteiger partial charge on any atom is 0.343 e. The summed E-state index contributed by atoms with van der Waals surface area (Å²) in [6.45, 7) is 7.24. The van der Waals surface area contributed by atoms with Crippen molar-refractivity contribution in [3.63, 3.8) is 0 Å². The minimum absolute atomic E-state index is 0.0905. The lowest BCUT2D eigenvalue weighted by Gasteiger charge is -2.31. The lowest BCUT2D eigenvalue weighted by molar-refractivity contribution is -0.172. The van der Waals surface area contributed by atoms with Gasteiger partial charge in [-0.2, -0.15) is 0 Å². The molecular weight excluding hydrogens is 424 g/mol. The molecule has 0 fully saturated rings. The van der Waals surface area contributed by atoms with Crippen LogP contribution in [0.1, 0.15) is 61.2 Å². The van der Waals surface area contributed by atoms with Crippen LogP contribution in [0, 0.1) is 0 Å². The number of hydrogen-bond acceptors (Lipinski definition) is 7. The number of benzene rings is 1. The Morgan fingerprint density at radius 1 is 1.24 bits per heavy atom. The molecule has 8 heteroatoms. The molecule has 0 aliphatic carbocycles. The lowest BCUT2D eigenvalue weighted by atomic mass is 9.86. The number of cyclic esters (lactones) is 1. The van der Waals surface area contributed by atoms with Gasteiger partial charge < -0.3 is 19.1 Å². The second-order valence-electron chi connectivity index (χ2n) is 9.51. The van der Waals surface area contributed by atoms with Crippen LogP contribution >= 0.6 is 0 Å². The summed E-state index contributed by atoms with van der Waals surface area (Å²) in [4.78, 5) is 42.7. The summed E-state index contributed by atoms with van der Waals surface area (Å²) >= 11 is 0. The van der Waals surface area contributed by atoms with Crippen molar-refractivity contribution in [2.24, 2.45) is 0 Å². The van der Waals surface area contributed by atoms with Crippen LogP contribution in [0.4, 0.5) is 0 Å². The number of ether oxygens (including phenoxy) is 2. The number of pyridine rings is 2. The normalized spacial score (nSPS) is 19.0. The minimum Gasteiger partial charge on any atom is -0.458 e. The van der Waals surface area contributed by atoms with E-state index >= 15 is 0 Å². The van der Waals surface area contributed by atoms with Crippen LogP contribution < -0.4 is 5.56 Å². The van der Waals surface area contributed by atoms with E-state index in [1.807, 2.05) is 26.8 Å². The van der Waals surface area contributed by atoms with Crippen molar-refractivity contribution in [1.29, 1.82) is 0 Å². The van der Waals surface area contributed by atoms with Crippen molar-refractivity contribution in [3.05, 3.63) is 62.9 Å². The zero-order valence-electron chi connectivity index (χ0n) is 18.9. The first-order valence-electron chi connectivity index (χ1n) is 10.9. The Bertz CT molecular complexity index is 1420. The molecule has 1 aromatic carbocycles. The van der Waals surface area contributed by atoms with Crippen molar-refractivity contribution in [2.75, 3.05) is 0 Å². The van der Waals surface area contributed by atoms with Crippen LogP contribution in [-0.2, 0) is 33.0 Å². The first kappa shape index (κ1) is 21.3. The summed E-state index contributed by atoms with van der Waals surface area (Å²) in [6.07, 6.45) is 0.0905. The van der Waals surface area contributed by atoms with E-state index in [2.05, 4.69) is 0 Å². The second-order valence-corrected chi connectivity index (χ2v) is 9.51. The van der Waals surface area contributed by atoms with E-state index in [1.165, 1.54) is 0 Å². The fourth-order valence-corrected chi connectivity index (χ4v) is 4.45. The Balaban J connectivity index is 1.63. The third kappa shape index (κ3) is 3.24. The third-order valence-corrected chi connectivity index (χ3v) is 6.14. The predicted octanol–water partition coefficient (Wildman–Crippen LogP) is 3.03. The second kappa shape index (κ2) is 6.99. The first-order chi connectivity index (χ1) is 15.5. The molecule has 170 valence electrons. The number of aromatic nitrogens is 2. The highest BCUT2D eigenvalue weighted by atomic mass is 16.6. The molecule has 3 aromatic rings. The van der Waals surface area contributed by atoms with Gasteiger partial charge in [0, 0.05) is 16.5 Å². The summed E-state index contributed by atoms with van der Waals surface area (Å²) in [5.74, 6) is -1.16. The fraction of sp³-hybridized carbons (Fsp3) is 0.360. The molecule has 0 saturated carbocycles. The minimum atomic E-state index is -1.86. The third-order valence-electron chi connectivity index (χ3n) is 6.14. The van der Waals surface area contributed by atoms with E-state index in [9.17, 15) is 19.5 Å². The van der Waals surface area contributed by atoms with E-state index in [1.54, 1.807) is 35.8 Å². The van der Waals surface area contributed by atoms with Gasteiger partial charge in [-0.3, -0.25) is 4.79 Å². The number of carbonyl (C=O) groups is 2. The van der Waals surface area contributed by atoms with E-state index in [-0.39, 0.29) is 29.7 Å². The number of rotatable bonds is 2. The largest absolute Gasteiger partial charge is 0.458 e. The van der Waals surface area contributed by atoms with Crippen LogP contribution in [0.2, 0.25) is 0 Å². The highest BCUT2D eigenvalue weighted by Gasteiger charge is 2.45. The molecule has 33 heavy (non-hydrogen) atoms. The van der Waals surface area contributed by atoms with Crippen LogP contribution in [0.5, 0.6) is 0 Å². The number of esters is 2. The van der Waals surface area contributed by atoms with Gasteiger partial charge in [-0.05, 0) is 57.5 Å². The van der Waals surface area contributed by atoms with Gasteiger partial charge in [-0.15, -0.1) is 0 Å². The average molecular weight is 448 g/mol. The van der Waals surface area contributed by atoms with E-state index in [0.29, 0.717) is 29.0 Å². The molecule has 1 atom stereocenters. The maximum absolute atomic E-state index is 13.2. The molecule has 2 aliphatic rings. The SMILES string of the molecule is CCC1(O)C(=O)OCc2c1cc1n(c2=O)Cc2cc3cc(C(=O)OC(C)(C)C)ccc3nc2-1. The summed E-state index contributed by atoms with van der Waals surface area (Å²) in [5, 5.41) is 11.7. The molecule has 0 bridgehead atoms. The van der Waals surface area contributed by atoms with Crippen LogP contribution in [0.3, 0.4) is 0 Å². The molecule has 1 unspecified atom stereocenters. The van der Waals surface area contributed by atoms with Gasteiger partial charge in [-0.1, -0.05) is 6.92 Å². The van der Waals surface area contributed by atoms with Crippen LogP contribution in [-0.4, -0.2) is 32.2 Å². The van der Waals surface area contributed by atoms with Crippen LogP contribution in [0.15, 0.2) is 35.1 Å². The van der Waals surface area contributed by atoms with Crippen molar-refractivity contribution >= 4 is 22.8 Å². The molecular formula is C25H24N2O6. The smallest absolute Gasteiger partial charge is 0.343 e. The number of carbonyl (C=O) groups excluding carboxylic acids is 2. The summed E-state index contributed by atoms with van der Waals surface area (Å²) < 4.78 is 12.1. The molecule has 2 aromatic heterocycles. The van der Waals surface area contributed by atoms with Crippen molar-refractivity contribution in [1.82, 2.24) is 9.55 Å². The van der Waals surface area contributed by atoms with Gasteiger partial charge in [0.15, 0.2) is 5.60 Å². The monoisotopic (exact) mass is 448 g/mol. The zero-order chi connectivity index (χ0) is 23.7. The Morgan fingerprint density at radius 2 is 2.00 bits per heavy atom. The number of hydrogen-bond donors (Lipinski definition) is 1. The standard InChI is InChI=1S/C25H24N2O6/c1-5-25(31)17-10-19-20-15(11-27(19)21(28)16(17)12-32-23(25)30)9-14-8-13(6-7-18(14)26-20)22(29)33-24(2,3)4/h6-10,31H,5,11-12H2,1-4H3. The molecule has 8 nitrogen and oxygen atoms in total. The van der Waals surface area contributed by atoms with Crippen molar-refractivity contribution in [2.45, 2.75) is 58.5 Å². The predicted molar refractivity (Wildman–Crippen MR) is 120 cm³/mol. The van der Waals surface area contributed by atoms with E-state index in [4.69, 9.17) is 14.5 Å². The van der Waals surface area contributed by atoms with Gasteiger partial charge in [-0.25, -0.2) is 14.6 Å². The molecule has 2 aliphatic heterocycles. The van der Waals surface area contributed by atoms with Gasteiger partial charge >= 0.3 is 11.9 Å². The molecule has 0 radical (unpaired) electrons. The van der Waals surface area contributed by atoms with Gasteiger partial charge in [0.1, 0.15) is 12.2 Å². The summed E-state index contributed by atoms with van der Waals surface area (Å²) in [5.41, 5.74) is 0.864. The lowest BCUT2D eigenvalue weighted by Crippen LogP contribution is -2.44. The average Bonchev–Trinajstić information content (AvgIpc) is 3.11. The molecule has 0 amide bonds. The Hall–Kier alpha value is -3.52. The molecule has 4 heterocycles. The molecule has 5 rings (SSSR count). The van der Waals surface area contributed by atoms with Gasteiger partial charge in [0.25, 0.3) is 5.56 Å². The summed E-state index contributed by atoms with van der Waals surface area (Å²) in [7, 11) is 0. The summed E-state index contributed by atoms with van der Waals surface area (Å²) in [6, 6.07) is 8.73. The molecule has 1 N–H and O–H groups in total. The Kier molecular flexibility index (Phi) is 4.52.